The average Bonchev–Trinajstić information content (AvgIpc) is 3.25. The number of carbonyl (C=O) groups excluding carboxylic acids is 1. The molecule has 0 N–H and O–H groups in total. The van der Waals surface area contributed by atoms with E-state index in [0.29, 0.717) is 5.71 Å². The highest BCUT2D eigenvalue weighted by Gasteiger charge is 2.35. The van der Waals surface area contributed by atoms with E-state index in [2.05, 4.69) is 10.2 Å². The van der Waals surface area contributed by atoms with Crippen LogP contribution in [0.3, 0.4) is 0 Å². The Kier molecular flexibility index (Phi) is 7.27. The summed E-state index contributed by atoms with van der Waals surface area (Å²) in [5.74, 6) is 1.27. The molecule has 5 nitrogen and oxygen atoms in total. The van der Waals surface area contributed by atoms with Crippen LogP contribution in [0, 0.1) is 0 Å². The number of allylic oxidation sites excluding steroid dienone is 2. The predicted octanol–water partition coefficient (Wildman–Crippen LogP) is 6.98. The van der Waals surface area contributed by atoms with E-state index in [-0.39, 0.29) is 11.7 Å². The van der Waals surface area contributed by atoms with Crippen LogP contribution >= 0.6 is 0 Å². The Morgan fingerprint density at radius 1 is 0.684 bits per heavy atom. The Hall–Kier alpha value is -4.77. The van der Waals surface area contributed by atoms with Crippen molar-refractivity contribution >= 4 is 22.8 Å². The molecule has 5 rings (SSSR count). The van der Waals surface area contributed by atoms with E-state index in [4.69, 9.17) is 9.47 Å². The number of rotatable bonds is 7. The van der Waals surface area contributed by atoms with Crippen LogP contribution in [0.25, 0.3) is 5.57 Å². The van der Waals surface area contributed by atoms with Crippen LogP contribution in [-0.2, 0) is 0 Å². The molecule has 1 unspecified atom stereocenters. The minimum absolute atomic E-state index is 0.103. The van der Waals surface area contributed by atoms with Gasteiger partial charge in [0.15, 0.2) is 5.78 Å². The van der Waals surface area contributed by atoms with E-state index in [1.807, 2.05) is 116 Å². The van der Waals surface area contributed by atoms with Gasteiger partial charge in [-0.1, -0.05) is 54.6 Å². The van der Waals surface area contributed by atoms with Crippen molar-refractivity contribution < 1.29 is 14.3 Å². The van der Waals surface area contributed by atoms with Crippen LogP contribution in [0.5, 0.6) is 11.5 Å². The van der Waals surface area contributed by atoms with Gasteiger partial charge >= 0.3 is 0 Å². The largest absolute Gasteiger partial charge is 0.497 e. The number of benzene rings is 4. The van der Waals surface area contributed by atoms with Crippen molar-refractivity contribution in [3.8, 4) is 11.5 Å². The van der Waals surface area contributed by atoms with Crippen molar-refractivity contribution in [2.45, 2.75) is 12.8 Å². The third kappa shape index (κ3) is 5.04. The fourth-order valence-corrected chi connectivity index (χ4v) is 4.70. The van der Waals surface area contributed by atoms with E-state index in [9.17, 15) is 4.79 Å². The molecule has 0 spiro atoms. The molecular weight excluding hydrogens is 472 g/mol. The molecule has 0 aliphatic heterocycles. The van der Waals surface area contributed by atoms with Crippen molar-refractivity contribution in [2.75, 3.05) is 14.2 Å². The molecule has 5 heteroatoms. The molecule has 4 aromatic carbocycles. The number of fused-ring (bicyclic) bond motifs is 1. The Labute approximate surface area is 222 Å². The SMILES string of the molecule is COc1ccc(C(=N/N=C(C)/C=C2\c3ccccc3C(=O)C2c2ccccc2)c2ccc(OC)cc2)cc1. The second-order valence-electron chi connectivity index (χ2n) is 9.00. The number of carbonyl (C=O) groups is 1. The fraction of sp³-hybridized carbons (Fsp3) is 0.121. The van der Waals surface area contributed by atoms with Crippen molar-refractivity contribution in [2.24, 2.45) is 10.2 Å². The van der Waals surface area contributed by atoms with Gasteiger partial charge < -0.3 is 9.47 Å². The number of methoxy groups -OCH3 is 2. The fourth-order valence-electron chi connectivity index (χ4n) is 4.70. The van der Waals surface area contributed by atoms with Crippen LogP contribution in [0.4, 0.5) is 0 Å². The summed E-state index contributed by atoms with van der Waals surface area (Å²) in [5.41, 5.74) is 6.81. The highest BCUT2D eigenvalue weighted by molar-refractivity contribution is 6.20. The van der Waals surface area contributed by atoms with Crippen molar-refractivity contribution in [3.63, 3.8) is 0 Å². The maximum absolute atomic E-state index is 13.4. The summed E-state index contributed by atoms with van der Waals surface area (Å²) in [7, 11) is 3.28. The predicted molar refractivity (Wildman–Crippen MR) is 153 cm³/mol. The van der Waals surface area contributed by atoms with Gasteiger partial charge in [-0.3, -0.25) is 4.79 Å². The molecule has 0 saturated carbocycles. The lowest BCUT2D eigenvalue weighted by Gasteiger charge is -2.12. The normalized spacial score (nSPS) is 15.8. The molecule has 1 aliphatic carbocycles. The van der Waals surface area contributed by atoms with Gasteiger partial charge in [0.05, 0.1) is 25.8 Å². The molecule has 1 aliphatic rings. The molecule has 0 radical (unpaired) electrons. The Balaban J connectivity index is 1.58. The van der Waals surface area contributed by atoms with Gasteiger partial charge in [0, 0.05) is 16.7 Å². The average molecular weight is 501 g/mol. The molecular formula is C33H28N2O3. The Morgan fingerprint density at radius 3 is 1.76 bits per heavy atom. The summed E-state index contributed by atoms with van der Waals surface area (Å²) in [5, 5.41) is 9.29. The highest BCUT2D eigenvalue weighted by Crippen LogP contribution is 2.43. The molecule has 188 valence electrons. The smallest absolute Gasteiger partial charge is 0.175 e. The van der Waals surface area contributed by atoms with Gasteiger partial charge in [-0.15, -0.1) is 5.10 Å². The van der Waals surface area contributed by atoms with Gasteiger partial charge in [0.1, 0.15) is 17.2 Å². The lowest BCUT2D eigenvalue weighted by molar-refractivity contribution is 0.0986. The summed E-state index contributed by atoms with van der Waals surface area (Å²) in [6.07, 6.45) is 1.98. The van der Waals surface area contributed by atoms with Crippen LogP contribution in [0.1, 0.15) is 45.5 Å². The Morgan fingerprint density at radius 2 is 1.21 bits per heavy atom. The maximum atomic E-state index is 13.4. The number of ether oxygens (including phenoxy) is 2. The van der Waals surface area contributed by atoms with E-state index in [1.54, 1.807) is 14.2 Å². The first kappa shape index (κ1) is 24.9. The van der Waals surface area contributed by atoms with E-state index >= 15 is 0 Å². The topological polar surface area (TPSA) is 60.2 Å². The quantitative estimate of drug-likeness (QED) is 0.203. The zero-order chi connectivity index (χ0) is 26.5. The van der Waals surface area contributed by atoms with Gasteiger partial charge in [-0.2, -0.15) is 5.10 Å². The van der Waals surface area contributed by atoms with Crippen LogP contribution in [0.15, 0.2) is 119 Å². The zero-order valence-electron chi connectivity index (χ0n) is 21.6. The summed E-state index contributed by atoms with van der Waals surface area (Å²) < 4.78 is 10.6. The van der Waals surface area contributed by atoms with Crippen molar-refractivity contribution in [3.05, 3.63) is 137 Å². The number of ketones is 1. The second-order valence-corrected chi connectivity index (χ2v) is 9.00. The second kappa shape index (κ2) is 11.1. The first-order valence-electron chi connectivity index (χ1n) is 12.4. The molecule has 38 heavy (non-hydrogen) atoms. The lowest BCUT2D eigenvalue weighted by atomic mass is 9.90. The van der Waals surface area contributed by atoms with E-state index in [1.165, 1.54) is 0 Å². The Bertz CT molecular complexity index is 1480. The zero-order valence-corrected chi connectivity index (χ0v) is 21.6. The number of hydrogen-bond donors (Lipinski definition) is 0. The third-order valence-electron chi connectivity index (χ3n) is 6.61. The molecule has 1 atom stereocenters. The molecule has 0 fully saturated rings. The summed E-state index contributed by atoms with van der Waals surface area (Å²) in [6.45, 7) is 1.91. The number of hydrogen-bond acceptors (Lipinski definition) is 5. The van der Waals surface area contributed by atoms with E-state index in [0.717, 1.165) is 50.6 Å². The lowest BCUT2D eigenvalue weighted by Crippen LogP contribution is -2.07. The minimum atomic E-state index is -0.370. The summed E-state index contributed by atoms with van der Waals surface area (Å²) >= 11 is 0. The molecule has 0 saturated heterocycles. The van der Waals surface area contributed by atoms with Crippen LogP contribution in [-0.4, -0.2) is 31.4 Å². The van der Waals surface area contributed by atoms with Crippen molar-refractivity contribution in [1.29, 1.82) is 0 Å². The van der Waals surface area contributed by atoms with Crippen molar-refractivity contribution in [1.82, 2.24) is 0 Å². The minimum Gasteiger partial charge on any atom is -0.497 e. The molecule has 4 aromatic rings. The first-order valence-corrected chi connectivity index (χ1v) is 12.4. The summed E-state index contributed by atoms with van der Waals surface area (Å²) in [6, 6.07) is 33.1. The first-order chi connectivity index (χ1) is 18.6. The third-order valence-corrected chi connectivity index (χ3v) is 6.61. The van der Waals surface area contributed by atoms with Gasteiger partial charge in [0.2, 0.25) is 0 Å². The molecule has 0 bridgehead atoms. The van der Waals surface area contributed by atoms with E-state index < -0.39 is 0 Å². The van der Waals surface area contributed by atoms with Gasteiger partial charge in [0.25, 0.3) is 0 Å². The standard InChI is InChI=1S/C33H28N2O3/c1-22(21-30-28-11-7-8-12-29(28)33(36)31(30)23-9-5-4-6-10-23)34-35-32(24-13-17-26(37-2)18-14-24)25-15-19-27(38-3)20-16-25/h4-21,31H,1-3H3/b30-21+,34-22+. The summed E-state index contributed by atoms with van der Waals surface area (Å²) in [4.78, 5) is 13.4. The molecule has 0 aromatic heterocycles. The van der Waals surface area contributed by atoms with Crippen LogP contribution in [0.2, 0.25) is 0 Å². The van der Waals surface area contributed by atoms with Gasteiger partial charge in [-0.25, -0.2) is 0 Å². The molecule has 0 heterocycles. The van der Waals surface area contributed by atoms with Gasteiger partial charge in [-0.05, 0) is 78.2 Å². The number of Topliss-reactive ketones (excluding diaryl/α,β-unsaturated/α-hetero) is 1. The molecule has 0 amide bonds. The maximum Gasteiger partial charge on any atom is 0.175 e. The highest BCUT2D eigenvalue weighted by atomic mass is 16.5. The monoisotopic (exact) mass is 500 g/mol. The van der Waals surface area contributed by atoms with Crippen LogP contribution < -0.4 is 9.47 Å². The number of nitrogens with zero attached hydrogens (tertiary/aromatic N) is 2.